The van der Waals surface area contributed by atoms with E-state index in [0.717, 1.165) is 17.6 Å². The average molecular weight is 959 g/mol. The van der Waals surface area contributed by atoms with Gasteiger partial charge in [0.15, 0.2) is 18.9 Å². The number of fused-ring (bicyclic) bond motifs is 6. The molecule has 0 aromatic carbocycles. The summed E-state index contributed by atoms with van der Waals surface area (Å²) in [5, 5.41) is 143. The first kappa shape index (κ1) is 52.1. The van der Waals surface area contributed by atoms with E-state index in [9.17, 15) is 66.4 Å². The maximum atomic E-state index is 12.4. The lowest BCUT2D eigenvalue weighted by Gasteiger charge is -2.71. The van der Waals surface area contributed by atoms with Crippen molar-refractivity contribution in [3.63, 3.8) is 0 Å². The first-order valence-corrected chi connectivity index (χ1v) is 24.3. The highest BCUT2D eigenvalue weighted by molar-refractivity contribution is 5.48. The van der Waals surface area contributed by atoms with Crippen LogP contribution in [-0.4, -0.2) is 203 Å². The van der Waals surface area contributed by atoms with E-state index in [2.05, 4.69) is 46.8 Å². The lowest BCUT2D eigenvalue weighted by atomic mass is 9.34. The summed E-state index contributed by atoms with van der Waals surface area (Å²) in [5.41, 5.74) is -1.82. The first-order valence-electron chi connectivity index (χ1n) is 24.3. The monoisotopic (exact) mass is 959 g/mol. The molecule has 19 nitrogen and oxygen atoms in total. The van der Waals surface area contributed by atoms with E-state index in [-0.39, 0.29) is 30.5 Å². The Hall–Kier alpha value is -1.28. The predicted molar refractivity (Wildman–Crippen MR) is 233 cm³/mol. The number of rotatable bonds is 10. The molecule has 8 aliphatic rings. The minimum absolute atomic E-state index is 0.0590. The summed E-state index contributed by atoms with van der Waals surface area (Å²) < 4.78 is 36.0. The van der Waals surface area contributed by atoms with Crippen molar-refractivity contribution in [3.8, 4) is 0 Å². The lowest BCUT2D eigenvalue weighted by molar-refractivity contribution is -0.374. The fraction of sp³-hybridized carbons (Fsp3) is 0.917. The van der Waals surface area contributed by atoms with Crippen molar-refractivity contribution in [2.45, 2.75) is 204 Å². The minimum atomic E-state index is -1.84. The fourth-order valence-corrected chi connectivity index (χ4v) is 14.5. The maximum absolute atomic E-state index is 12.4. The number of ether oxygens (including phenoxy) is 6. The SMILES string of the molecule is C[C@@H]1O[C@@H](O[C@H]2[C@H](O)[C@@H](O)[C@H](O[C@H]3CC[C@@]4(C)[C@@H](CC[C@]5(C)[C@@H]4C=CC4=C6CC(C)(C)CC[C@]6(CO)[C@@H](O)[C@H](O)[C@]45C)[C@]3(C)CO)O[C@@H]2CO[C@@H]2O[C@H](CO)[C@@H](O)[C@H](O)[C@H]2O)[C@H](O)[C@H](O)[C@H]1O. The van der Waals surface area contributed by atoms with Crippen LogP contribution >= 0.6 is 0 Å². The Labute approximate surface area is 391 Å². The van der Waals surface area contributed by atoms with Crippen LogP contribution in [0.15, 0.2) is 23.3 Å². The predicted octanol–water partition coefficient (Wildman–Crippen LogP) is -1.52. The number of aliphatic hydroxyl groups excluding tert-OH is 13. The summed E-state index contributed by atoms with van der Waals surface area (Å²) in [4.78, 5) is 0. The smallest absolute Gasteiger partial charge is 0.187 e. The van der Waals surface area contributed by atoms with Crippen LogP contribution in [0.3, 0.4) is 0 Å². The van der Waals surface area contributed by atoms with E-state index in [1.807, 2.05) is 6.92 Å². The molecule has 3 aliphatic heterocycles. The number of hydrogen-bond acceptors (Lipinski definition) is 19. The summed E-state index contributed by atoms with van der Waals surface area (Å²) in [5.74, 6) is -0.305. The number of aliphatic hydroxyl groups is 13. The van der Waals surface area contributed by atoms with Gasteiger partial charge in [-0.05, 0) is 85.5 Å². The third-order valence-corrected chi connectivity index (χ3v) is 19.0. The second-order valence-electron chi connectivity index (χ2n) is 23.2. The van der Waals surface area contributed by atoms with Gasteiger partial charge in [0.2, 0.25) is 0 Å². The molecular formula is C48H78O19. The van der Waals surface area contributed by atoms with Gasteiger partial charge >= 0.3 is 0 Å². The third kappa shape index (κ3) is 7.88. The largest absolute Gasteiger partial charge is 0.396 e. The Kier molecular flexibility index (Phi) is 14.2. The zero-order valence-electron chi connectivity index (χ0n) is 39.7. The van der Waals surface area contributed by atoms with Crippen molar-refractivity contribution in [3.05, 3.63) is 23.3 Å². The van der Waals surface area contributed by atoms with Crippen LogP contribution in [-0.2, 0) is 28.4 Å². The van der Waals surface area contributed by atoms with Crippen LogP contribution in [0.4, 0.5) is 0 Å². The number of hydrogen-bond donors (Lipinski definition) is 13. The van der Waals surface area contributed by atoms with E-state index >= 15 is 0 Å². The van der Waals surface area contributed by atoms with Crippen molar-refractivity contribution >= 4 is 0 Å². The van der Waals surface area contributed by atoms with Crippen LogP contribution in [0.25, 0.3) is 0 Å². The lowest BCUT2D eigenvalue weighted by Crippen LogP contribution is -2.70. The molecule has 13 N–H and O–H groups in total. The van der Waals surface area contributed by atoms with Crippen molar-refractivity contribution in [2.75, 3.05) is 26.4 Å². The summed E-state index contributed by atoms with van der Waals surface area (Å²) in [6, 6.07) is 0. The van der Waals surface area contributed by atoms with E-state index in [1.165, 1.54) is 6.92 Å². The summed E-state index contributed by atoms with van der Waals surface area (Å²) >= 11 is 0. The Morgan fingerprint density at radius 2 is 1.25 bits per heavy atom. The molecule has 3 saturated carbocycles. The van der Waals surface area contributed by atoms with Gasteiger partial charge in [0.05, 0.1) is 50.8 Å². The van der Waals surface area contributed by atoms with E-state index in [1.54, 1.807) is 0 Å². The second kappa shape index (κ2) is 18.3. The van der Waals surface area contributed by atoms with E-state index in [4.69, 9.17) is 28.4 Å². The first-order chi connectivity index (χ1) is 31.3. The molecule has 0 spiro atoms. The van der Waals surface area contributed by atoms with Crippen LogP contribution in [0.2, 0.25) is 0 Å². The van der Waals surface area contributed by atoms with Crippen LogP contribution < -0.4 is 0 Å². The molecule has 384 valence electrons. The fourth-order valence-electron chi connectivity index (χ4n) is 14.5. The molecule has 0 aromatic rings. The standard InChI is InChI=1S/C48H78O19/c1-21-29(52)31(54)35(58)41(63-21)67-37-25(18-62-40-34(57)32(55)30(53)24(17-49)64-40)65-42(36(59)33(37)56)66-28-11-12-44(4)26(45(28,5)19-50)10-13-46(6)27(44)9-8-22-23-16-43(2,3)14-15-48(23,20-51)39(61)38(60)47(22,46)7/h8-9,21,24-42,49-61H,10-20H2,1-7H3/t21-,24+,25+,26+,27+,28-,29-,30+,31+,32-,33+,34+,35+,36+,37+,38-,39-,40+,41-,42-,44-,45-,46+,47-,48+/m0/s1. The Morgan fingerprint density at radius 3 is 1.91 bits per heavy atom. The molecule has 67 heavy (non-hydrogen) atoms. The topological polar surface area (TPSA) is 318 Å². The van der Waals surface area contributed by atoms with Crippen molar-refractivity contribution in [2.24, 2.45) is 44.3 Å². The quantitative estimate of drug-likeness (QED) is 0.111. The Morgan fingerprint density at radius 1 is 0.627 bits per heavy atom. The van der Waals surface area contributed by atoms with Gasteiger partial charge in [-0.1, -0.05) is 59.3 Å². The molecule has 6 fully saturated rings. The van der Waals surface area contributed by atoms with Gasteiger partial charge < -0.3 is 94.8 Å². The molecule has 0 amide bonds. The Bertz CT molecular complexity index is 1850. The van der Waals surface area contributed by atoms with Crippen molar-refractivity contribution < 1.29 is 94.8 Å². The molecule has 3 heterocycles. The zero-order valence-corrected chi connectivity index (χ0v) is 39.7. The van der Waals surface area contributed by atoms with E-state index < -0.39 is 151 Å². The van der Waals surface area contributed by atoms with Gasteiger partial charge in [0, 0.05) is 16.2 Å². The van der Waals surface area contributed by atoms with Gasteiger partial charge in [-0.3, -0.25) is 0 Å². The molecule has 0 bridgehead atoms. The second-order valence-corrected chi connectivity index (χ2v) is 23.2. The summed E-state index contributed by atoms with van der Waals surface area (Å²) in [6.07, 6.45) is -18.5. The van der Waals surface area contributed by atoms with Gasteiger partial charge in [-0.2, -0.15) is 0 Å². The van der Waals surface area contributed by atoms with Gasteiger partial charge in [0.25, 0.3) is 0 Å². The molecule has 3 saturated heterocycles. The molecule has 0 aromatic heterocycles. The van der Waals surface area contributed by atoms with Gasteiger partial charge in [0.1, 0.15) is 67.1 Å². The van der Waals surface area contributed by atoms with Gasteiger partial charge in [-0.15, -0.1) is 0 Å². The summed E-state index contributed by atoms with van der Waals surface area (Å²) in [6.45, 7) is 12.4. The van der Waals surface area contributed by atoms with Crippen molar-refractivity contribution in [1.82, 2.24) is 0 Å². The molecule has 0 unspecified atom stereocenters. The molecule has 19 heteroatoms. The zero-order chi connectivity index (χ0) is 49.1. The minimum Gasteiger partial charge on any atom is -0.396 e. The highest BCUT2D eigenvalue weighted by atomic mass is 16.8. The van der Waals surface area contributed by atoms with Crippen LogP contribution in [0, 0.1) is 44.3 Å². The number of allylic oxidation sites excluding steroid dienone is 2. The maximum Gasteiger partial charge on any atom is 0.187 e. The van der Waals surface area contributed by atoms with Crippen LogP contribution in [0.5, 0.6) is 0 Å². The normalized spacial score (nSPS) is 55.3. The molecule has 0 radical (unpaired) electrons. The molecule has 8 rings (SSSR count). The third-order valence-electron chi connectivity index (χ3n) is 19.0. The molecular weight excluding hydrogens is 881 g/mol. The molecule has 25 atom stereocenters. The highest BCUT2D eigenvalue weighted by Crippen LogP contribution is 2.74. The van der Waals surface area contributed by atoms with Crippen LogP contribution in [0.1, 0.15) is 93.4 Å². The molecule has 5 aliphatic carbocycles. The van der Waals surface area contributed by atoms with E-state index in [0.29, 0.717) is 38.5 Å². The average Bonchev–Trinajstić information content (AvgIpc) is 3.29. The van der Waals surface area contributed by atoms with Crippen molar-refractivity contribution in [1.29, 1.82) is 0 Å². The summed E-state index contributed by atoms with van der Waals surface area (Å²) in [7, 11) is 0. The van der Waals surface area contributed by atoms with Gasteiger partial charge in [-0.25, -0.2) is 0 Å². The highest BCUT2D eigenvalue weighted by Gasteiger charge is 2.71. The Balaban J connectivity index is 1.07.